The molecule has 2 aromatic heterocycles. The van der Waals surface area contributed by atoms with Gasteiger partial charge in [0.05, 0.1) is 5.02 Å². The fraction of sp³-hybridized carbons (Fsp3) is 0. The molecular formula is C20H13Cl2N3O. The average molecular weight is 382 g/mol. The number of halogens is 2. The summed E-state index contributed by atoms with van der Waals surface area (Å²) >= 11 is 12.0. The number of imidazole rings is 1. The largest absolute Gasteiger partial charge is 0.321 e. The van der Waals surface area contributed by atoms with Crippen molar-refractivity contribution in [1.29, 1.82) is 0 Å². The first-order valence-corrected chi connectivity index (χ1v) is 8.67. The minimum atomic E-state index is -0.277. The normalized spacial score (nSPS) is 10.8. The second kappa shape index (κ2) is 6.83. The molecule has 4 nitrogen and oxygen atoms in total. The fourth-order valence-corrected chi connectivity index (χ4v) is 3.04. The molecule has 0 unspecified atom stereocenters. The molecule has 1 N–H and O–H groups in total. The Bertz CT molecular complexity index is 1090. The van der Waals surface area contributed by atoms with E-state index in [-0.39, 0.29) is 5.91 Å². The molecule has 1 amide bonds. The number of nitrogens with zero attached hydrogens (tertiary/aromatic N) is 2. The summed E-state index contributed by atoms with van der Waals surface area (Å²) in [7, 11) is 0. The molecule has 0 radical (unpaired) electrons. The Balaban J connectivity index is 1.84. The third kappa shape index (κ3) is 3.17. The molecule has 2 aromatic carbocycles. The van der Waals surface area contributed by atoms with Crippen LogP contribution in [-0.4, -0.2) is 15.3 Å². The van der Waals surface area contributed by atoms with Crippen molar-refractivity contribution in [2.45, 2.75) is 0 Å². The predicted octanol–water partition coefficient (Wildman–Crippen LogP) is 5.56. The van der Waals surface area contributed by atoms with Gasteiger partial charge < -0.3 is 5.32 Å². The molecule has 0 aliphatic carbocycles. The molecule has 6 heteroatoms. The number of nitrogens with one attached hydrogen (secondary N) is 1. The molecule has 4 rings (SSSR count). The standard InChI is InChI=1S/C20H13Cl2N3O/c21-14-6-9-16(10-7-14)23-20(26)19-18(13-4-2-1-3-5-13)24-17-11-8-15(22)12-25(17)19/h1-12H,(H,23,26). The Labute approximate surface area is 160 Å². The molecule has 0 bridgehead atoms. The number of anilines is 1. The van der Waals surface area contributed by atoms with Crippen LogP contribution in [0.25, 0.3) is 16.9 Å². The lowest BCUT2D eigenvalue weighted by molar-refractivity contribution is 0.102. The summed E-state index contributed by atoms with van der Waals surface area (Å²) in [5.74, 6) is -0.277. The van der Waals surface area contributed by atoms with Crippen LogP contribution < -0.4 is 5.32 Å². The highest BCUT2D eigenvalue weighted by molar-refractivity contribution is 6.31. The average Bonchev–Trinajstić information content (AvgIpc) is 3.03. The monoisotopic (exact) mass is 381 g/mol. The molecule has 2 heterocycles. The number of benzene rings is 2. The van der Waals surface area contributed by atoms with Gasteiger partial charge in [-0.15, -0.1) is 0 Å². The SMILES string of the molecule is O=C(Nc1ccc(Cl)cc1)c1c(-c2ccccc2)nc2ccc(Cl)cn12. The lowest BCUT2D eigenvalue weighted by Gasteiger charge is -2.08. The molecule has 0 aliphatic heterocycles. The van der Waals surface area contributed by atoms with Crippen molar-refractivity contribution in [1.82, 2.24) is 9.38 Å². The van der Waals surface area contributed by atoms with Gasteiger partial charge in [0.2, 0.25) is 0 Å². The van der Waals surface area contributed by atoms with Crippen molar-refractivity contribution in [2.75, 3.05) is 5.32 Å². The first kappa shape index (κ1) is 16.6. The number of fused-ring (bicyclic) bond motifs is 1. The predicted molar refractivity (Wildman–Crippen MR) is 105 cm³/mol. The number of carbonyl (C=O) groups is 1. The van der Waals surface area contributed by atoms with Crippen LogP contribution in [0.5, 0.6) is 0 Å². The van der Waals surface area contributed by atoms with Crippen LogP contribution in [0.2, 0.25) is 10.0 Å². The second-order valence-corrected chi connectivity index (χ2v) is 6.58. The molecular weight excluding hydrogens is 369 g/mol. The number of hydrogen-bond donors (Lipinski definition) is 1. The minimum Gasteiger partial charge on any atom is -0.321 e. The van der Waals surface area contributed by atoms with Crippen LogP contribution >= 0.6 is 23.2 Å². The molecule has 0 saturated heterocycles. The van der Waals surface area contributed by atoms with Gasteiger partial charge in [-0.25, -0.2) is 4.98 Å². The lowest BCUT2D eigenvalue weighted by atomic mass is 10.1. The van der Waals surface area contributed by atoms with Crippen molar-refractivity contribution < 1.29 is 4.79 Å². The van der Waals surface area contributed by atoms with E-state index in [1.807, 2.05) is 30.3 Å². The van der Waals surface area contributed by atoms with E-state index in [0.29, 0.717) is 32.8 Å². The summed E-state index contributed by atoms with van der Waals surface area (Å²) in [6, 6.07) is 20.1. The molecule has 0 fully saturated rings. The molecule has 4 aromatic rings. The third-order valence-electron chi connectivity index (χ3n) is 3.95. The Morgan fingerprint density at radius 1 is 0.885 bits per heavy atom. The zero-order valence-corrected chi connectivity index (χ0v) is 15.0. The summed E-state index contributed by atoms with van der Waals surface area (Å²) in [6.45, 7) is 0. The van der Waals surface area contributed by atoms with Crippen molar-refractivity contribution >= 4 is 40.4 Å². The van der Waals surface area contributed by atoms with Crippen molar-refractivity contribution in [3.05, 3.63) is 88.7 Å². The summed E-state index contributed by atoms with van der Waals surface area (Å²) in [4.78, 5) is 17.7. The van der Waals surface area contributed by atoms with Crippen LogP contribution in [0.1, 0.15) is 10.5 Å². The van der Waals surface area contributed by atoms with Crippen LogP contribution in [0, 0.1) is 0 Å². The van der Waals surface area contributed by atoms with Crippen LogP contribution in [0.4, 0.5) is 5.69 Å². The molecule has 0 saturated carbocycles. The lowest BCUT2D eigenvalue weighted by Crippen LogP contribution is -2.15. The highest BCUT2D eigenvalue weighted by Gasteiger charge is 2.21. The van der Waals surface area contributed by atoms with Gasteiger partial charge >= 0.3 is 0 Å². The van der Waals surface area contributed by atoms with Crippen LogP contribution in [-0.2, 0) is 0 Å². The van der Waals surface area contributed by atoms with Crippen molar-refractivity contribution in [3.63, 3.8) is 0 Å². The maximum absolute atomic E-state index is 13.0. The summed E-state index contributed by atoms with van der Waals surface area (Å²) < 4.78 is 1.70. The van der Waals surface area contributed by atoms with Crippen molar-refractivity contribution in [2.24, 2.45) is 0 Å². The number of amides is 1. The highest BCUT2D eigenvalue weighted by atomic mass is 35.5. The van der Waals surface area contributed by atoms with E-state index < -0.39 is 0 Å². The summed E-state index contributed by atoms with van der Waals surface area (Å²) in [5, 5.41) is 4.02. The van der Waals surface area contributed by atoms with Gasteiger partial charge in [-0.1, -0.05) is 53.5 Å². The van der Waals surface area contributed by atoms with Gasteiger partial charge in [0.1, 0.15) is 17.0 Å². The summed E-state index contributed by atoms with van der Waals surface area (Å²) in [5.41, 5.74) is 3.17. The molecule has 128 valence electrons. The molecule has 0 atom stereocenters. The highest BCUT2D eigenvalue weighted by Crippen LogP contribution is 2.26. The van der Waals surface area contributed by atoms with Gasteiger partial charge in [-0.05, 0) is 36.4 Å². The van der Waals surface area contributed by atoms with E-state index in [2.05, 4.69) is 10.3 Å². The first-order valence-electron chi connectivity index (χ1n) is 7.92. The quantitative estimate of drug-likeness (QED) is 0.504. The van der Waals surface area contributed by atoms with Crippen LogP contribution in [0.3, 0.4) is 0 Å². The number of rotatable bonds is 3. The minimum absolute atomic E-state index is 0.277. The molecule has 26 heavy (non-hydrogen) atoms. The van der Waals surface area contributed by atoms with Gasteiger partial charge in [0.25, 0.3) is 5.91 Å². The number of carbonyl (C=O) groups excluding carboxylic acids is 1. The van der Waals surface area contributed by atoms with E-state index in [4.69, 9.17) is 23.2 Å². The number of hydrogen-bond acceptors (Lipinski definition) is 2. The van der Waals surface area contributed by atoms with E-state index >= 15 is 0 Å². The second-order valence-electron chi connectivity index (χ2n) is 5.71. The summed E-state index contributed by atoms with van der Waals surface area (Å²) in [6.07, 6.45) is 1.69. The van der Waals surface area contributed by atoms with E-state index in [0.717, 1.165) is 5.56 Å². The van der Waals surface area contributed by atoms with E-state index in [9.17, 15) is 4.79 Å². The van der Waals surface area contributed by atoms with E-state index in [1.165, 1.54) is 0 Å². The van der Waals surface area contributed by atoms with Crippen molar-refractivity contribution in [3.8, 4) is 11.3 Å². The number of pyridine rings is 1. The van der Waals surface area contributed by atoms with Gasteiger partial charge in [-0.3, -0.25) is 9.20 Å². The number of aromatic nitrogens is 2. The maximum atomic E-state index is 13.0. The zero-order chi connectivity index (χ0) is 18.1. The third-order valence-corrected chi connectivity index (χ3v) is 4.42. The molecule has 0 spiro atoms. The smallest absolute Gasteiger partial charge is 0.274 e. The van der Waals surface area contributed by atoms with Gasteiger partial charge in [-0.2, -0.15) is 0 Å². The van der Waals surface area contributed by atoms with Crippen LogP contribution in [0.15, 0.2) is 72.9 Å². The molecule has 0 aliphatic rings. The Hall–Kier alpha value is -2.82. The first-order chi connectivity index (χ1) is 12.6. The zero-order valence-electron chi connectivity index (χ0n) is 13.5. The Kier molecular flexibility index (Phi) is 4.37. The topological polar surface area (TPSA) is 46.4 Å². The Morgan fingerprint density at radius 3 is 2.31 bits per heavy atom. The van der Waals surface area contributed by atoms with Gasteiger partial charge in [0.15, 0.2) is 0 Å². The Morgan fingerprint density at radius 2 is 1.58 bits per heavy atom. The van der Waals surface area contributed by atoms with Gasteiger partial charge in [0, 0.05) is 22.5 Å². The van der Waals surface area contributed by atoms with E-state index in [1.54, 1.807) is 47.0 Å². The maximum Gasteiger partial charge on any atom is 0.274 e. The fourth-order valence-electron chi connectivity index (χ4n) is 2.76.